The summed E-state index contributed by atoms with van der Waals surface area (Å²) in [6.07, 6.45) is 4.63. The molecule has 1 saturated carbocycles. The molecule has 5 nitrogen and oxygen atoms in total. The molecule has 0 spiro atoms. The van der Waals surface area contributed by atoms with E-state index in [9.17, 15) is 9.59 Å². The van der Waals surface area contributed by atoms with E-state index >= 15 is 0 Å². The summed E-state index contributed by atoms with van der Waals surface area (Å²) in [6.45, 7) is 2.02. The zero-order chi connectivity index (χ0) is 14.8. The third-order valence-corrected chi connectivity index (χ3v) is 3.78. The van der Waals surface area contributed by atoms with Gasteiger partial charge in [0.15, 0.2) is 0 Å². The predicted molar refractivity (Wildman–Crippen MR) is 78.6 cm³/mol. The van der Waals surface area contributed by atoms with Crippen molar-refractivity contribution in [3.8, 4) is 5.69 Å². The Morgan fingerprint density at radius 3 is 2.43 bits per heavy atom. The number of amides is 2. The summed E-state index contributed by atoms with van der Waals surface area (Å²) in [4.78, 5) is 24.0. The first kappa shape index (κ1) is 13.4. The number of aromatic nitrogens is 1. The van der Waals surface area contributed by atoms with Gasteiger partial charge in [0.25, 0.3) is 5.91 Å². The van der Waals surface area contributed by atoms with Crippen LogP contribution in [0.1, 0.15) is 23.7 Å². The molecule has 1 aliphatic rings. The lowest BCUT2D eigenvalue weighted by Gasteiger charge is -2.11. The van der Waals surface area contributed by atoms with Crippen LogP contribution in [0.2, 0.25) is 0 Å². The summed E-state index contributed by atoms with van der Waals surface area (Å²) in [6, 6.07) is 11.1. The van der Waals surface area contributed by atoms with Crippen LogP contribution >= 0.6 is 0 Å². The third-order valence-electron chi connectivity index (χ3n) is 3.78. The van der Waals surface area contributed by atoms with Gasteiger partial charge in [-0.05, 0) is 36.6 Å². The van der Waals surface area contributed by atoms with Gasteiger partial charge in [-0.15, -0.1) is 0 Å². The molecule has 108 valence electrons. The number of para-hydroxylation sites is 1. The first-order chi connectivity index (χ1) is 10.2. The molecule has 0 saturated heterocycles. The maximum atomic E-state index is 12.3. The van der Waals surface area contributed by atoms with E-state index < -0.39 is 0 Å². The molecule has 0 aliphatic heterocycles. The summed E-state index contributed by atoms with van der Waals surface area (Å²) >= 11 is 0. The van der Waals surface area contributed by atoms with Crippen molar-refractivity contribution in [1.29, 1.82) is 0 Å². The summed E-state index contributed by atoms with van der Waals surface area (Å²) in [7, 11) is 0. The topological polar surface area (TPSA) is 63.1 Å². The number of hydrogen-bond donors (Lipinski definition) is 2. The number of nitrogens with zero attached hydrogens (tertiary/aromatic N) is 1. The van der Waals surface area contributed by atoms with Crippen LogP contribution in [0.25, 0.3) is 5.69 Å². The van der Waals surface area contributed by atoms with Crippen LogP contribution in [0.3, 0.4) is 0 Å². The Kier molecular flexibility index (Phi) is 3.48. The van der Waals surface area contributed by atoms with Gasteiger partial charge in [0.05, 0.1) is 11.3 Å². The molecule has 2 N–H and O–H groups in total. The molecule has 1 aliphatic carbocycles. The van der Waals surface area contributed by atoms with Crippen LogP contribution in [0, 0.1) is 11.8 Å². The number of nitrogens with one attached hydrogen (secondary N) is 2. The van der Waals surface area contributed by atoms with Gasteiger partial charge >= 0.3 is 0 Å². The molecule has 21 heavy (non-hydrogen) atoms. The van der Waals surface area contributed by atoms with Gasteiger partial charge in [0, 0.05) is 18.3 Å². The molecule has 1 aromatic carbocycles. The predicted octanol–water partition coefficient (Wildman–Crippen LogP) is 1.89. The van der Waals surface area contributed by atoms with Crippen LogP contribution in [0.5, 0.6) is 0 Å². The highest BCUT2D eigenvalue weighted by Gasteiger charge is 2.39. The number of carbonyl (C=O) groups is 2. The standard InChI is InChI=1S/C16H17N3O2/c1-11-10-13(11)16(21)18-17-15(20)12-6-2-3-7-14(12)19-8-4-5-9-19/h2-9,11,13H,10H2,1H3,(H,17,20)(H,18,21)/t11-,13+/m0/s1. The highest BCUT2D eigenvalue weighted by Crippen LogP contribution is 2.37. The number of carbonyl (C=O) groups excluding carboxylic acids is 2. The molecule has 0 unspecified atom stereocenters. The van der Waals surface area contributed by atoms with Gasteiger partial charge in [0.1, 0.15) is 0 Å². The molecule has 5 heteroatoms. The number of rotatable bonds is 3. The highest BCUT2D eigenvalue weighted by molar-refractivity contribution is 5.98. The lowest BCUT2D eigenvalue weighted by molar-refractivity contribution is -0.123. The second kappa shape index (κ2) is 5.44. The van der Waals surface area contributed by atoms with Crippen molar-refractivity contribution < 1.29 is 9.59 Å². The van der Waals surface area contributed by atoms with Crippen molar-refractivity contribution in [2.24, 2.45) is 11.8 Å². The molecule has 2 amide bonds. The lowest BCUT2D eigenvalue weighted by Crippen LogP contribution is -2.42. The van der Waals surface area contributed by atoms with Crippen LogP contribution in [0.15, 0.2) is 48.8 Å². The van der Waals surface area contributed by atoms with Crippen molar-refractivity contribution in [2.75, 3.05) is 0 Å². The average molecular weight is 283 g/mol. The SMILES string of the molecule is C[C@H]1C[C@H]1C(=O)NNC(=O)c1ccccc1-n1cccc1. The maximum absolute atomic E-state index is 12.3. The fraction of sp³-hybridized carbons (Fsp3) is 0.250. The van der Waals surface area contributed by atoms with Crippen molar-refractivity contribution >= 4 is 11.8 Å². The monoisotopic (exact) mass is 283 g/mol. The molecular weight excluding hydrogens is 266 g/mol. The smallest absolute Gasteiger partial charge is 0.271 e. The van der Waals surface area contributed by atoms with Crippen molar-refractivity contribution in [1.82, 2.24) is 15.4 Å². The van der Waals surface area contributed by atoms with E-state index in [-0.39, 0.29) is 17.7 Å². The normalized spacial score (nSPS) is 19.9. The van der Waals surface area contributed by atoms with E-state index in [0.717, 1.165) is 12.1 Å². The van der Waals surface area contributed by atoms with E-state index in [4.69, 9.17) is 0 Å². The van der Waals surface area contributed by atoms with E-state index in [1.807, 2.05) is 48.1 Å². The first-order valence-electron chi connectivity index (χ1n) is 6.99. The van der Waals surface area contributed by atoms with Crippen molar-refractivity contribution in [3.63, 3.8) is 0 Å². The Hall–Kier alpha value is -2.56. The largest absolute Gasteiger partial charge is 0.323 e. The molecule has 1 fully saturated rings. The molecule has 0 bridgehead atoms. The Balaban J connectivity index is 1.71. The number of hydrazine groups is 1. The molecule has 2 aromatic rings. The minimum absolute atomic E-state index is 0.0324. The Morgan fingerprint density at radius 2 is 1.76 bits per heavy atom. The quantitative estimate of drug-likeness (QED) is 0.845. The Labute approximate surface area is 122 Å². The van der Waals surface area contributed by atoms with Crippen LogP contribution < -0.4 is 10.9 Å². The van der Waals surface area contributed by atoms with Crippen LogP contribution in [0.4, 0.5) is 0 Å². The van der Waals surface area contributed by atoms with Gasteiger partial charge in [-0.1, -0.05) is 19.1 Å². The van der Waals surface area contributed by atoms with E-state index in [2.05, 4.69) is 10.9 Å². The number of hydrogen-bond acceptors (Lipinski definition) is 2. The molecule has 0 radical (unpaired) electrons. The van der Waals surface area contributed by atoms with E-state index in [1.54, 1.807) is 12.1 Å². The molecule has 2 atom stereocenters. The van der Waals surface area contributed by atoms with E-state index in [0.29, 0.717) is 11.5 Å². The van der Waals surface area contributed by atoms with Gasteiger partial charge in [-0.25, -0.2) is 0 Å². The van der Waals surface area contributed by atoms with Gasteiger partial charge in [-0.3, -0.25) is 20.4 Å². The molecule has 3 rings (SSSR count). The summed E-state index contributed by atoms with van der Waals surface area (Å²) < 4.78 is 1.86. The van der Waals surface area contributed by atoms with Gasteiger partial charge < -0.3 is 4.57 Å². The summed E-state index contributed by atoms with van der Waals surface area (Å²) in [5.74, 6) is 0.00861. The minimum Gasteiger partial charge on any atom is -0.323 e. The number of benzene rings is 1. The zero-order valence-corrected chi connectivity index (χ0v) is 11.7. The molecule has 1 heterocycles. The summed E-state index contributed by atoms with van der Waals surface area (Å²) in [5.41, 5.74) is 6.27. The Bertz CT molecular complexity index is 664. The minimum atomic E-state index is -0.319. The highest BCUT2D eigenvalue weighted by atomic mass is 16.2. The lowest BCUT2D eigenvalue weighted by atomic mass is 10.1. The fourth-order valence-corrected chi connectivity index (χ4v) is 2.35. The fourth-order valence-electron chi connectivity index (χ4n) is 2.35. The van der Waals surface area contributed by atoms with Gasteiger partial charge in [0.2, 0.25) is 5.91 Å². The Morgan fingerprint density at radius 1 is 1.10 bits per heavy atom. The third kappa shape index (κ3) is 2.81. The van der Waals surface area contributed by atoms with Crippen LogP contribution in [-0.4, -0.2) is 16.4 Å². The van der Waals surface area contributed by atoms with Crippen LogP contribution in [-0.2, 0) is 4.79 Å². The second-order valence-corrected chi connectivity index (χ2v) is 5.37. The van der Waals surface area contributed by atoms with Gasteiger partial charge in [-0.2, -0.15) is 0 Å². The molecule has 1 aromatic heterocycles. The average Bonchev–Trinajstić information content (AvgIpc) is 3.02. The van der Waals surface area contributed by atoms with E-state index in [1.165, 1.54) is 0 Å². The zero-order valence-electron chi connectivity index (χ0n) is 11.7. The van der Waals surface area contributed by atoms with Crippen molar-refractivity contribution in [3.05, 3.63) is 54.4 Å². The molecular formula is C16H17N3O2. The first-order valence-corrected chi connectivity index (χ1v) is 6.99. The van der Waals surface area contributed by atoms with Crippen molar-refractivity contribution in [2.45, 2.75) is 13.3 Å². The maximum Gasteiger partial charge on any atom is 0.271 e. The second-order valence-electron chi connectivity index (χ2n) is 5.37. The summed E-state index contributed by atoms with van der Waals surface area (Å²) in [5, 5.41) is 0.